The van der Waals surface area contributed by atoms with Gasteiger partial charge in [-0.2, -0.15) is 0 Å². The Morgan fingerprint density at radius 3 is 2.85 bits per heavy atom. The van der Waals surface area contributed by atoms with Crippen LogP contribution in [-0.4, -0.2) is 42.6 Å². The predicted octanol–water partition coefficient (Wildman–Crippen LogP) is 3.18. The van der Waals surface area contributed by atoms with Crippen LogP contribution in [0.4, 0.5) is 5.69 Å². The maximum absolute atomic E-state index is 12.5. The van der Waals surface area contributed by atoms with Crippen LogP contribution in [0.2, 0.25) is 0 Å². The lowest BCUT2D eigenvalue weighted by Gasteiger charge is -2.28. The van der Waals surface area contributed by atoms with E-state index in [9.17, 15) is 4.79 Å². The molecule has 4 nitrogen and oxygen atoms in total. The maximum atomic E-state index is 12.5. The molecule has 0 N–H and O–H groups in total. The molecule has 2 aliphatic heterocycles. The highest BCUT2D eigenvalue weighted by atomic mass is 16.5. The van der Waals surface area contributed by atoms with Crippen LogP contribution in [0.1, 0.15) is 50.7 Å². The molecule has 0 spiro atoms. The van der Waals surface area contributed by atoms with Crippen molar-refractivity contribution in [2.24, 2.45) is 5.92 Å². The zero-order valence-electron chi connectivity index (χ0n) is 15.8. The Balaban J connectivity index is 1.60. The molecule has 0 bridgehead atoms. The van der Waals surface area contributed by atoms with Gasteiger partial charge in [0, 0.05) is 41.9 Å². The summed E-state index contributed by atoms with van der Waals surface area (Å²) in [4.78, 5) is 16.9. The van der Waals surface area contributed by atoms with Crippen molar-refractivity contribution in [3.8, 4) is 11.8 Å². The van der Waals surface area contributed by atoms with Crippen LogP contribution in [0.5, 0.6) is 0 Å². The van der Waals surface area contributed by atoms with Crippen LogP contribution < -0.4 is 4.90 Å². The predicted molar refractivity (Wildman–Crippen MR) is 103 cm³/mol. The summed E-state index contributed by atoms with van der Waals surface area (Å²) in [5.41, 5.74) is 3.46. The second-order valence-electron chi connectivity index (χ2n) is 7.88. The normalized spacial score (nSPS) is 22.7. The minimum Gasteiger partial charge on any atom is -0.375 e. The molecule has 1 atom stereocenters. The maximum Gasteiger partial charge on any atom is 0.226 e. The number of benzene rings is 1. The van der Waals surface area contributed by atoms with Crippen molar-refractivity contribution in [1.29, 1.82) is 0 Å². The summed E-state index contributed by atoms with van der Waals surface area (Å²) in [6, 6.07) is 6.85. The molecular formula is C22H28N2O2. The summed E-state index contributed by atoms with van der Waals surface area (Å²) in [5.74, 6) is 7.40. The number of rotatable bonds is 2. The Kier molecular flexibility index (Phi) is 4.91. The molecule has 138 valence electrons. The molecule has 2 fully saturated rings. The highest BCUT2D eigenvalue weighted by Gasteiger charge is 2.37. The van der Waals surface area contributed by atoms with E-state index in [1.54, 1.807) is 0 Å². The van der Waals surface area contributed by atoms with E-state index >= 15 is 0 Å². The summed E-state index contributed by atoms with van der Waals surface area (Å²) in [6.07, 6.45) is 4.18. The number of ether oxygens (including phenoxy) is 1. The molecule has 1 aliphatic carbocycles. The van der Waals surface area contributed by atoms with E-state index in [4.69, 9.17) is 4.74 Å². The van der Waals surface area contributed by atoms with E-state index in [2.05, 4.69) is 48.8 Å². The van der Waals surface area contributed by atoms with Crippen LogP contribution >= 0.6 is 0 Å². The van der Waals surface area contributed by atoms with Crippen molar-refractivity contribution >= 4 is 11.6 Å². The van der Waals surface area contributed by atoms with E-state index in [-0.39, 0.29) is 12.0 Å². The van der Waals surface area contributed by atoms with E-state index in [0.29, 0.717) is 18.6 Å². The first-order valence-electron chi connectivity index (χ1n) is 9.93. The van der Waals surface area contributed by atoms with Gasteiger partial charge in [-0.05, 0) is 51.7 Å². The van der Waals surface area contributed by atoms with Crippen molar-refractivity contribution in [3.63, 3.8) is 0 Å². The second kappa shape index (κ2) is 7.32. The minimum atomic E-state index is 0.0758. The van der Waals surface area contributed by atoms with Crippen LogP contribution in [0, 0.1) is 17.8 Å². The molecule has 26 heavy (non-hydrogen) atoms. The summed E-state index contributed by atoms with van der Waals surface area (Å²) >= 11 is 0. The first-order valence-corrected chi connectivity index (χ1v) is 9.93. The molecule has 1 saturated heterocycles. The second-order valence-corrected chi connectivity index (χ2v) is 7.88. The summed E-state index contributed by atoms with van der Waals surface area (Å²) < 4.78 is 5.84. The number of hydrogen-bond acceptors (Lipinski definition) is 3. The number of anilines is 1. The van der Waals surface area contributed by atoms with Gasteiger partial charge in [-0.15, -0.1) is 0 Å². The summed E-state index contributed by atoms with van der Waals surface area (Å²) in [6.45, 7) is 7.56. The molecule has 3 aliphatic rings. The number of hydrogen-bond donors (Lipinski definition) is 0. The molecule has 1 aromatic rings. The molecule has 1 amide bonds. The van der Waals surface area contributed by atoms with Crippen molar-refractivity contribution in [3.05, 3.63) is 29.3 Å². The fourth-order valence-corrected chi connectivity index (χ4v) is 4.01. The average Bonchev–Trinajstić information content (AvgIpc) is 3.41. The molecule has 0 radical (unpaired) electrons. The lowest BCUT2D eigenvalue weighted by Crippen LogP contribution is -2.35. The average molecular weight is 352 g/mol. The number of nitrogens with zero attached hydrogens (tertiary/aromatic N) is 2. The van der Waals surface area contributed by atoms with Gasteiger partial charge >= 0.3 is 0 Å². The standard InChI is InChI=1S/C22H28N2O2/c1-16(2)23-13-14-26-15-20-17(5-3-7-21(20)23)10-11-19-6-4-12-24(19)22(25)18-8-9-18/h3,5,7,16,18-19H,4,6,8-9,12-15H2,1-2H3. The van der Waals surface area contributed by atoms with Gasteiger partial charge in [0.25, 0.3) is 0 Å². The lowest BCUT2D eigenvalue weighted by molar-refractivity contribution is -0.132. The Labute approximate surface area is 156 Å². The minimum absolute atomic E-state index is 0.0758. The third-order valence-corrected chi connectivity index (χ3v) is 5.64. The number of amides is 1. The van der Waals surface area contributed by atoms with Crippen LogP contribution in [0.3, 0.4) is 0 Å². The molecule has 1 unspecified atom stereocenters. The lowest BCUT2D eigenvalue weighted by atomic mass is 10.0. The van der Waals surface area contributed by atoms with Gasteiger partial charge < -0.3 is 14.5 Å². The van der Waals surface area contributed by atoms with Gasteiger partial charge in [-0.1, -0.05) is 17.9 Å². The SMILES string of the molecule is CC(C)N1CCOCc2c(C#CC3CCCN3C(=O)C3CC3)cccc21. The zero-order valence-corrected chi connectivity index (χ0v) is 15.8. The van der Waals surface area contributed by atoms with E-state index in [0.717, 1.165) is 50.9 Å². The van der Waals surface area contributed by atoms with Gasteiger partial charge in [0.15, 0.2) is 0 Å². The summed E-state index contributed by atoms with van der Waals surface area (Å²) in [5, 5.41) is 0. The fraction of sp³-hybridized carbons (Fsp3) is 0.591. The quantitative estimate of drug-likeness (QED) is 0.767. The van der Waals surface area contributed by atoms with Crippen molar-refractivity contribution < 1.29 is 9.53 Å². The Morgan fingerprint density at radius 2 is 2.08 bits per heavy atom. The topological polar surface area (TPSA) is 32.8 Å². The molecule has 0 aromatic heterocycles. The van der Waals surface area contributed by atoms with Gasteiger partial charge in [0.05, 0.1) is 19.3 Å². The Hall–Kier alpha value is -1.99. The number of fused-ring (bicyclic) bond motifs is 1. The number of likely N-dealkylation sites (tertiary alicyclic amines) is 1. The third-order valence-electron chi connectivity index (χ3n) is 5.64. The van der Waals surface area contributed by atoms with E-state index < -0.39 is 0 Å². The monoisotopic (exact) mass is 352 g/mol. The van der Waals surface area contributed by atoms with Gasteiger partial charge in [-0.25, -0.2) is 0 Å². The number of carbonyl (C=O) groups excluding carboxylic acids is 1. The fourth-order valence-electron chi connectivity index (χ4n) is 4.01. The highest BCUT2D eigenvalue weighted by Crippen LogP contribution is 2.33. The molecule has 2 heterocycles. The highest BCUT2D eigenvalue weighted by molar-refractivity contribution is 5.82. The largest absolute Gasteiger partial charge is 0.375 e. The smallest absolute Gasteiger partial charge is 0.226 e. The first-order chi connectivity index (χ1) is 12.6. The molecule has 1 aromatic carbocycles. The van der Waals surface area contributed by atoms with Crippen molar-refractivity contribution in [1.82, 2.24) is 4.90 Å². The molecule has 4 heteroatoms. The molecular weight excluding hydrogens is 324 g/mol. The Morgan fingerprint density at radius 1 is 1.23 bits per heavy atom. The zero-order chi connectivity index (χ0) is 18.1. The van der Waals surface area contributed by atoms with Crippen LogP contribution in [-0.2, 0) is 16.1 Å². The molecule has 4 rings (SSSR count). The molecule has 1 saturated carbocycles. The first kappa shape index (κ1) is 17.4. The van der Waals surface area contributed by atoms with Gasteiger partial charge in [0.2, 0.25) is 5.91 Å². The Bertz CT molecular complexity index is 742. The van der Waals surface area contributed by atoms with E-state index in [1.807, 2.05) is 4.90 Å². The van der Waals surface area contributed by atoms with E-state index in [1.165, 1.54) is 11.3 Å². The van der Waals surface area contributed by atoms with Gasteiger partial charge in [0.1, 0.15) is 0 Å². The van der Waals surface area contributed by atoms with Gasteiger partial charge in [-0.3, -0.25) is 4.79 Å². The third kappa shape index (κ3) is 3.46. The number of carbonyl (C=O) groups is 1. The van der Waals surface area contributed by atoms with Crippen molar-refractivity contribution in [2.75, 3.05) is 24.6 Å². The van der Waals surface area contributed by atoms with Crippen molar-refractivity contribution in [2.45, 2.75) is 58.2 Å². The van der Waals surface area contributed by atoms with Crippen LogP contribution in [0.25, 0.3) is 0 Å². The summed E-state index contributed by atoms with van der Waals surface area (Å²) in [7, 11) is 0. The van der Waals surface area contributed by atoms with Crippen LogP contribution in [0.15, 0.2) is 18.2 Å².